The molecule has 0 radical (unpaired) electrons. The van der Waals surface area contributed by atoms with Crippen LogP contribution in [0.4, 0.5) is 0 Å². The van der Waals surface area contributed by atoms with Crippen molar-refractivity contribution in [2.75, 3.05) is 0 Å². The smallest absolute Gasteiger partial charge is 0.276 e. The Bertz CT molecular complexity index is 1900. The van der Waals surface area contributed by atoms with Gasteiger partial charge in [0.05, 0.1) is 18.7 Å². The lowest BCUT2D eigenvalue weighted by Gasteiger charge is -2.10. The minimum absolute atomic E-state index is 0.0185. The molecule has 0 amide bonds. The Morgan fingerprint density at radius 3 is 1.82 bits per heavy atom. The molecule has 0 spiro atoms. The number of nitrogens with zero attached hydrogens (tertiary/aromatic N) is 6. The summed E-state index contributed by atoms with van der Waals surface area (Å²) in [5.74, 6) is 0. The highest BCUT2D eigenvalue weighted by atomic mass is 127. The van der Waals surface area contributed by atoms with Gasteiger partial charge in [-0.15, -0.1) is 0 Å². The van der Waals surface area contributed by atoms with Gasteiger partial charge in [-0.1, -0.05) is 56.1 Å². The van der Waals surface area contributed by atoms with Crippen LogP contribution in [-0.4, -0.2) is 27.9 Å². The highest BCUT2D eigenvalue weighted by molar-refractivity contribution is 14.1. The van der Waals surface area contributed by atoms with Crippen molar-refractivity contribution in [2.45, 2.75) is 12.8 Å². The van der Waals surface area contributed by atoms with E-state index >= 15 is 0 Å². The third-order valence-electron chi connectivity index (χ3n) is 6.49. The van der Waals surface area contributed by atoms with Crippen LogP contribution in [0.5, 0.6) is 0 Å². The first-order valence-corrected chi connectivity index (χ1v) is 14.6. The van der Waals surface area contributed by atoms with Gasteiger partial charge in [-0.05, 0) is 35.4 Å². The fourth-order valence-corrected chi connectivity index (χ4v) is 5.30. The van der Waals surface area contributed by atoms with E-state index in [-0.39, 0.29) is 11.1 Å². The largest absolute Gasteiger partial charge is 0.312 e. The van der Waals surface area contributed by atoms with Crippen molar-refractivity contribution >= 4 is 65.5 Å². The Morgan fingerprint density at radius 1 is 0.744 bits per heavy atom. The van der Waals surface area contributed by atoms with Gasteiger partial charge in [0, 0.05) is 82.3 Å². The van der Waals surface area contributed by atoms with E-state index in [4.69, 9.17) is 0 Å². The molecule has 0 aliphatic carbocycles. The van der Waals surface area contributed by atoms with E-state index in [0.29, 0.717) is 23.9 Å². The Kier molecular flexibility index (Phi) is 8.19. The van der Waals surface area contributed by atoms with E-state index < -0.39 is 0 Å². The molecule has 0 aliphatic heterocycles. The van der Waals surface area contributed by atoms with Crippen molar-refractivity contribution in [3.63, 3.8) is 0 Å². The fraction of sp³-hybridized carbons (Fsp3) is 0.143. The molecular weight excluding hydrogens is 739 g/mol. The zero-order chi connectivity index (χ0) is 27.7. The summed E-state index contributed by atoms with van der Waals surface area (Å²) in [5, 5.41) is 0. The molecule has 2 aromatic carbocycles. The second kappa shape index (κ2) is 11.6. The molecule has 8 nitrogen and oxygen atoms in total. The summed E-state index contributed by atoms with van der Waals surface area (Å²) in [5.41, 5.74) is 5.41. The topological polar surface area (TPSA) is 78.6 Å². The fourth-order valence-electron chi connectivity index (χ4n) is 4.23. The van der Waals surface area contributed by atoms with E-state index in [1.807, 2.05) is 53.2 Å². The number of hydrogen-bond acceptors (Lipinski definition) is 4. The van der Waals surface area contributed by atoms with E-state index in [9.17, 15) is 9.59 Å². The minimum atomic E-state index is -0.0212. The van der Waals surface area contributed by atoms with Gasteiger partial charge in [0.2, 0.25) is 0 Å². The number of aromatic nitrogens is 6. The predicted octanol–water partition coefficient (Wildman–Crippen LogP) is 5.38. The summed E-state index contributed by atoms with van der Waals surface area (Å²) in [4.78, 5) is 32.6. The van der Waals surface area contributed by atoms with E-state index in [2.05, 4.69) is 76.6 Å². The van der Waals surface area contributed by atoms with Gasteiger partial charge >= 0.3 is 0 Å². The van der Waals surface area contributed by atoms with Crippen LogP contribution >= 0.6 is 54.5 Å². The molecule has 39 heavy (non-hydrogen) atoms. The van der Waals surface area contributed by atoms with Crippen LogP contribution < -0.4 is 11.1 Å². The molecule has 4 aromatic heterocycles. The maximum Gasteiger partial charge on any atom is 0.276 e. The van der Waals surface area contributed by atoms with E-state index in [1.54, 1.807) is 46.4 Å². The zero-order valence-electron chi connectivity index (χ0n) is 21.1. The lowest BCUT2D eigenvalue weighted by atomic mass is 10.1. The SMILES string of the molecule is Cn1c(Cc2ccc(Br)cc2)cn2c(I)ncc2c1=O.Cn1c(Cc2ccc(Br)cc2)cn2cncc2c1=O. The Hall–Kier alpha value is -3.03. The average Bonchev–Trinajstić information content (AvgIpc) is 3.55. The lowest BCUT2D eigenvalue weighted by molar-refractivity contribution is 0.776. The molecule has 11 heteroatoms. The Morgan fingerprint density at radius 2 is 1.26 bits per heavy atom. The molecule has 4 heterocycles. The second-order valence-electron chi connectivity index (χ2n) is 9.04. The van der Waals surface area contributed by atoms with Crippen molar-refractivity contribution in [1.29, 1.82) is 0 Å². The van der Waals surface area contributed by atoms with Crippen LogP contribution in [0.1, 0.15) is 22.5 Å². The van der Waals surface area contributed by atoms with Crippen molar-refractivity contribution in [3.05, 3.63) is 136 Å². The van der Waals surface area contributed by atoms with Gasteiger partial charge in [-0.25, -0.2) is 9.97 Å². The van der Waals surface area contributed by atoms with Crippen LogP contribution in [0, 0.1) is 3.83 Å². The normalized spacial score (nSPS) is 11.1. The predicted molar refractivity (Wildman–Crippen MR) is 167 cm³/mol. The molecule has 0 saturated carbocycles. The molecule has 6 rings (SSSR count). The number of rotatable bonds is 4. The quantitative estimate of drug-likeness (QED) is 0.227. The highest BCUT2D eigenvalue weighted by Crippen LogP contribution is 2.16. The van der Waals surface area contributed by atoms with E-state index in [0.717, 1.165) is 35.3 Å². The molecule has 0 bridgehead atoms. The third-order valence-corrected chi connectivity index (χ3v) is 8.35. The second-order valence-corrected chi connectivity index (χ2v) is 11.8. The minimum Gasteiger partial charge on any atom is -0.312 e. The molecule has 0 fully saturated rings. The number of halogens is 3. The monoisotopic (exact) mass is 760 g/mol. The van der Waals surface area contributed by atoms with Crippen LogP contribution in [0.3, 0.4) is 0 Å². The maximum absolute atomic E-state index is 12.3. The number of imidazole rings is 2. The third kappa shape index (κ3) is 5.94. The maximum atomic E-state index is 12.3. The number of hydrogen-bond donors (Lipinski definition) is 0. The van der Waals surface area contributed by atoms with Gasteiger partial charge in [0.1, 0.15) is 11.0 Å². The molecule has 0 unspecified atom stereocenters. The number of fused-ring (bicyclic) bond motifs is 2. The molecule has 0 atom stereocenters. The van der Waals surface area contributed by atoms with E-state index in [1.165, 1.54) is 0 Å². The summed E-state index contributed by atoms with van der Waals surface area (Å²) in [7, 11) is 3.60. The van der Waals surface area contributed by atoms with Gasteiger partial charge in [0.15, 0.2) is 3.83 Å². The summed E-state index contributed by atoms with van der Waals surface area (Å²) in [6.45, 7) is 0. The Balaban J connectivity index is 0.000000158. The van der Waals surface area contributed by atoms with Crippen LogP contribution in [-0.2, 0) is 26.9 Å². The van der Waals surface area contributed by atoms with Crippen LogP contribution in [0.2, 0.25) is 0 Å². The first-order chi connectivity index (χ1) is 18.7. The molecule has 0 aliphatic rings. The molecule has 0 N–H and O–H groups in total. The standard InChI is InChI=1S/C14H11BrIN3O.C14H12BrN3O/c1-18-11(6-9-2-4-10(15)5-3-9)8-19-12(13(18)20)7-17-14(19)16;1-17-12(6-10-2-4-11(15)5-3-10)8-18-9-16-7-13(18)14(17)19/h2-5,7-8H,6H2,1H3;2-5,7-9H,6H2,1H3. The van der Waals surface area contributed by atoms with Crippen molar-refractivity contribution in [1.82, 2.24) is 27.9 Å². The molecule has 6 aromatic rings. The van der Waals surface area contributed by atoms with Crippen LogP contribution in [0.15, 0.2) is 98.2 Å². The average molecular weight is 762 g/mol. The summed E-state index contributed by atoms with van der Waals surface area (Å²) >= 11 is 8.97. The molecule has 0 saturated heterocycles. The zero-order valence-corrected chi connectivity index (χ0v) is 26.4. The van der Waals surface area contributed by atoms with Crippen molar-refractivity contribution in [3.8, 4) is 0 Å². The van der Waals surface area contributed by atoms with Gasteiger partial charge < -0.3 is 9.13 Å². The first-order valence-electron chi connectivity index (χ1n) is 11.9. The molecular formula is C28H23Br2IN6O2. The highest BCUT2D eigenvalue weighted by Gasteiger charge is 2.10. The number of benzene rings is 2. The van der Waals surface area contributed by atoms with Crippen LogP contribution in [0.25, 0.3) is 11.0 Å². The van der Waals surface area contributed by atoms with Crippen molar-refractivity contribution < 1.29 is 0 Å². The Labute approximate surface area is 254 Å². The van der Waals surface area contributed by atoms with Gasteiger partial charge in [-0.2, -0.15) is 0 Å². The summed E-state index contributed by atoms with van der Waals surface area (Å²) < 4.78 is 9.89. The lowest BCUT2D eigenvalue weighted by Crippen LogP contribution is -2.22. The summed E-state index contributed by atoms with van der Waals surface area (Å²) in [6, 6.07) is 16.2. The first kappa shape index (κ1) is 27.5. The van der Waals surface area contributed by atoms with Crippen molar-refractivity contribution in [2.24, 2.45) is 14.1 Å². The summed E-state index contributed by atoms with van der Waals surface area (Å²) in [6.07, 6.45) is 10.2. The van der Waals surface area contributed by atoms with Gasteiger partial charge in [-0.3, -0.25) is 18.4 Å². The van der Waals surface area contributed by atoms with Gasteiger partial charge in [0.25, 0.3) is 11.1 Å². The molecule has 198 valence electrons.